The lowest BCUT2D eigenvalue weighted by atomic mass is 9.89. The SMILES string of the molecule is O=C(Nc1sc2c(c1[C@@H](Nc1ccccn1)c1ccc3c(c1)OCO3)CCCC2)c1ccco1. The highest BCUT2D eigenvalue weighted by atomic mass is 32.1. The van der Waals surface area contributed by atoms with Crippen LogP contribution in [0.5, 0.6) is 11.5 Å². The summed E-state index contributed by atoms with van der Waals surface area (Å²) in [5.41, 5.74) is 3.38. The maximum Gasteiger partial charge on any atom is 0.291 e. The number of benzene rings is 1. The molecule has 0 fully saturated rings. The van der Waals surface area contributed by atoms with Gasteiger partial charge in [-0.25, -0.2) is 4.98 Å². The lowest BCUT2D eigenvalue weighted by Crippen LogP contribution is -2.18. The number of hydrogen-bond donors (Lipinski definition) is 2. The van der Waals surface area contributed by atoms with E-state index in [9.17, 15) is 4.79 Å². The molecule has 2 aliphatic rings. The number of ether oxygens (including phenoxy) is 2. The number of pyridine rings is 1. The van der Waals surface area contributed by atoms with Crippen LogP contribution in [0.3, 0.4) is 0 Å². The summed E-state index contributed by atoms with van der Waals surface area (Å²) >= 11 is 1.66. The Kier molecular flexibility index (Phi) is 5.43. The molecule has 1 atom stereocenters. The zero-order valence-corrected chi connectivity index (χ0v) is 19.2. The van der Waals surface area contributed by atoms with Gasteiger partial charge in [0.15, 0.2) is 17.3 Å². The van der Waals surface area contributed by atoms with E-state index < -0.39 is 0 Å². The number of hydrogen-bond acceptors (Lipinski definition) is 7. The lowest BCUT2D eigenvalue weighted by molar-refractivity contribution is 0.0997. The molecule has 1 aliphatic heterocycles. The summed E-state index contributed by atoms with van der Waals surface area (Å²) in [6.45, 7) is 0.218. The zero-order valence-electron chi connectivity index (χ0n) is 18.4. The van der Waals surface area contributed by atoms with Crippen molar-refractivity contribution in [1.29, 1.82) is 0 Å². The Bertz CT molecular complexity index is 1320. The molecule has 2 N–H and O–H groups in total. The highest BCUT2D eigenvalue weighted by Gasteiger charge is 2.30. The van der Waals surface area contributed by atoms with Gasteiger partial charge in [-0.15, -0.1) is 11.3 Å². The second-order valence-electron chi connectivity index (χ2n) is 8.29. The fraction of sp³-hybridized carbons (Fsp3) is 0.231. The smallest absolute Gasteiger partial charge is 0.291 e. The van der Waals surface area contributed by atoms with Crippen LogP contribution in [-0.2, 0) is 12.8 Å². The molecule has 0 unspecified atom stereocenters. The molecule has 6 rings (SSSR count). The average Bonchev–Trinajstić information content (AvgIpc) is 3.63. The third-order valence-corrected chi connectivity index (χ3v) is 7.38. The summed E-state index contributed by atoms with van der Waals surface area (Å²) < 4.78 is 16.5. The molecule has 0 bridgehead atoms. The fourth-order valence-electron chi connectivity index (χ4n) is 4.57. The molecule has 8 heteroatoms. The van der Waals surface area contributed by atoms with Gasteiger partial charge in [0, 0.05) is 16.6 Å². The second kappa shape index (κ2) is 8.87. The number of fused-ring (bicyclic) bond motifs is 2. The minimum Gasteiger partial charge on any atom is -0.459 e. The molecule has 0 saturated heterocycles. The van der Waals surface area contributed by atoms with Crippen LogP contribution in [0, 0.1) is 0 Å². The van der Waals surface area contributed by atoms with Gasteiger partial charge in [0.25, 0.3) is 5.91 Å². The standard InChI is InChI=1S/C26H23N3O4S/c30-25(19-7-5-13-31-19)29-26-23(17-6-1-2-8-21(17)34-26)24(28-22-9-3-4-12-27-22)16-10-11-18-20(14-16)33-15-32-18/h3-5,7,9-14,24H,1-2,6,8,15H2,(H,27,28)(H,29,30)/t24-/m0/s1. The number of thiophene rings is 1. The van der Waals surface area contributed by atoms with Gasteiger partial charge in [-0.05, 0) is 73.2 Å². The molecule has 0 saturated carbocycles. The van der Waals surface area contributed by atoms with Crippen LogP contribution in [0.15, 0.2) is 65.4 Å². The largest absolute Gasteiger partial charge is 0.459 e. The molecule has 7 nitrogen and oxygen atoms in total. The summed E-state index contributed by atoms with van der Waals surface area (Å²) in [7, 11) is 0. The van der Waals surface area contributed by atoms with Gasteiger partial charge in [0.1, 0.15) is 10.8 Å². The first-order valence-corrected chi connectivity index (χ1v) is 12.1. The normalized spacial score (nSPS) is 14.9. The lowest BCUT2D eigenvalue weighted by Gasteiger charge is -2.24. The van der Waals surface area contributed by atoms with Crippen molar-refractivity contribution < 1.29 is 18.7 Å². The van der Waals surface area contributed by atoms with E-state index in [0.717, 1.165) is 59.1 Å². The zero-order chi connectivity index (χ0) is 22.9. The number of rotatable bonds is 6. The minimum atomic E-state index is -0.257. The van der Waals surface area contributed by atoms with Gasteiger partial charge in [-0.1, -0.05) is 12.1 Å². The molecule has 1 amide bonds. The molecular weight excluding hydrogens is 450 g/mol. The van der Waals surface area contributed by atoms with Crippen molar-refractivity contribution in [2.24, 2.45) is 0 Å². The number of aryl methyl sites for hydroxylation is 1. The Balaban J connectivity index is 1.47. The van der Waals surface area contributed by atoms with Crippen LogP contribution >= 0.6 is 11.3 Å². The maximum atomic E-state index is 12.9. The van der Waals surface area contributed by atoms with E-state index >= 15 is 0 Å². The molecule has 1 aliphatic carbocycles. The Hall–Kier alpha value is -3.78. The molecule has 4 heterocycles. The highest BCUT2D eigenvalue weighted by molar-refractivity contribution is 7.16. The number of carbonyl (C=O) groups excluding carboxylic acids is 1. The van der Waals surface area contributed by atoms with Crippen molar-refractivity contribution in [2.45, 2.75) is 31.7 Å². The topological polar surface area (TPSA) is 85.6 Å². The number of aromatic nitrogens is 1. The summed E-state index contributed by atoms with van der Waals surface area (Å²) in [4.78, 5) is 18.8. The van der Waals surface area contributed by atoms with Gasteiger partial charge in [0.2, 0.25) is 6.79 Å². The van der Waals surface area contributed by atoms with E-state index in [1.54, 1.807) is 29.7 Å². The predicted octanol–water partition coefficient (Wildman–Crippen LogP) is 5.80. The Morgan fingerprint density at radius 2 is 1.94 bits per heavy atom. The number of nitrogens with one attached hydrogen (secondary N) is 2. The first-order chi connectivity index (χ1) is 16.8. The molecule has 172 valence electrons. The van der Waals surface area contributed by atoms with Crippen molar-refractivity contribution in [3.05, 3.63) is 88.3 Å². The van der Waals surface area contributed by atoms with E-state index in [1.807, 2.05) is 36.4 Å². The highest BCUT2D eigenvalue weighted by Crippen LogP contribution is 2.46. The van der Waals surface area contributed by atoms with Gasteiger partial charge < -0.3 is 24.5 Å². The van der Waals surface area contributed by atoms with Crippen LogP contribution in [0.2, 0.25) is 0 Å². The van der Waals surface area contributed by atoms with Crippen molar-refractivity contribution in [1.82, 2.24) is 4.98 Å². The van der Waals surface area contributed by atoms with E-state index in [0.29, 0.717) is 0 Å². The number of nitrogens with zero attached hydrogens (tertiary/aromatic N) is 1. The van der Waals surface area contributed by atoms with Crippen molar-refractivity contribution >= 4 is 28.1 Å². The quantitative estimate of drug-likeness (QED) is 0.368. The first-order valence-electron chi connectivity index (χ1n) is 11.3. The van der Waals surface area contributed by atoms with Gasteiger partial charge in [-0.2, -0.15) is 0 Å². The third-order valence-electron chi connectivity index (χ3n) is 6.16. The Morgan fingerprint density at radius 1 is 1.03 bits per heavy atom. The summed E-state index contributed by atoms with van der Waals surface area (Å²) in [5, 5.41) is 7.57. The van der Waals surface area contributed by atoms with Crippen LogP contribution < -0.4 is 20.1 Å². The average molecular weight is 474 g/mol. The Morgan fingerprint density at radius 3 is 2.79 bits per heavy atom. The fourth-order valence-corrected chi connectivity index (χ4v) is 5.89. The second-order valence-corrected chi connectivity index (χ2v) is 9.40. The van der Waals surface area contributed by atoms with Crippen LogP contribution in [0.4, 0.5) is 10.8 Å². The third kappa shape index (κ3) is 3.90. The van der Waals surface area contributed by atoms with Crippen molar-refractivity contribution in [3.8, 4) is 11.5 Å². The van der Waals surface area contributed by atoms with E-state index in [4.69, 9.17) is 13.9 Å². The summed E-state index contributed by atoms with van der Waals surface area (Å²) in [5.74, 6) is 2.24. The van der Waals surface area contributed by atoms with Crippen LogP contribution in [0.25, 0.3) is 0 Å². The molecule has 3 aromatic heterocycles. The molecule has 4 aromatic rings. The number of carbonyl (C=O) groups is 1. The van der Waals surface area contributed by atoms with Crippen LogP contribution in [0.1, 0.15) is 51.0 Å². The molecular formula is C26H23N3O4S. The monoisotopic (exact) mass is 473 g/mol. The number of amides is 1. The molecule has 0 radical (unpaired) electrons. The van der Waals surface area contributed by atoms with Gasteiger partial charge >= 0.3 is 0 Å². The maximum absolute atomic E-state index is 12.9. The summed E-state index contributed by atoms with van der Waals surface area (Å²) in [6, 6.07) is 14.9. The van der Waals surface area contributed by atoms with E-state index in [1.165, 1.54) is 16.7 Å². The molecule has 0 spiro atoms. The minimum absolute atomic E-state index is 0.218. The van der Waals surface area contributed by atoms with E-state index in [2.05, 4.69) is 15.6 Å². The van der Waals surface area contributed by atoms with Crippen molar-refractivity contribution in [3.63, 3.8) is 0 Å². The molecule has 1 aromatic carbocycles. The predicted molar refractivity (Wildman–Crippen MR) is 130 cm³/mol. The van der Waals surface area contributed by atoms with E-state index in [-0.39, 0.29) is 24.5 Å². The van der Waals surface area contributed by atoms with Crippen LogP contribution in [-0.4, -0.2) is 17.7 Å². The van der Waals surface area contributed by atoms with Gasteiger partial charge in [0.05, 0.1) is 12.3 Å². The van der Waals surface area contributed by atoms with Gasteiger partial charge in [-0.3, -0.25) is 4.79 Å². The van der Waals surface area contributed by atoms with Crippen molar-refractivity contribution in [2.75, 3.05) is 17.4 Å². The summed E-state index contributed by atoms with van der Waals surface area (Å²) in [6.07, 6.45) is 7.54. The Labute approximate surface area is 200 Å². The first kappa shape index (κ1) is 20.8. The molecule has 34 heavy (non-hydrogen) atoms. The number of furan rings is 1. The number of anilines is 2.